The molecule has 1 fully saturated rings. The Morgan fingerprint density at radius 3 is 2.28 bits per heavy atom. The van der Waals surface area contributed by atoms with Gasteiger partial charge in [-0.15, -0.1) is 0 Å². The molecule has 3 rings (SSSR count). The summed E-state index contributed by atoms with van der Waals surface area (Å²) in [6.07, 6.45) is 0.702. The third kappa shape index (κ3) is 5.90. The molecular formula is C29H38N2O5. The van der Waals surface area contributed by atoms with Crippen LogP contribution in [0.5, 0.6) is 11.5 Å². The highest BCUT2D eigenvalue weighted by atomic mass is 16.5. The predicted octanol–water partition coefficient (Wildman–Crippen LogP) is 4.98. The zero-order chi connectivity index (χ0) is 26.4. The molecule has 2 aromatic carbocycles. The van der Waals surface area contributed by atoms with E-state index >= 15 is 0 Å². The number of nitrogens with zero attached hydrogens (tertiary/aromatic N) is 2. The molecule has 36 heavy (non-hydrogen) atoms. The Morgan fingerprint density at radius 1 is 1.03 bits per heavy atom. The van der Waals surface area contributed by atoms with Gasteiger partial charge < -0.3 is 24.4 Å². The lowest BCUT2D eigenvalue weighted by Crippen LogP contribution is -2.32. The molecule has 7 heteroatoms. The zero-order valence-electron chi connectivity index (χ0n) is 22.2. The van der Waals surface area contributed by atoms with Gasteiger partial charge in [-0.3, -0.25) is 9.59 Å². The molecule has 1 N–H and O–H groups in total. The second-order valence-corrected chi connectivity index (χ2v) is 9.49. The second-order valence-electron chi connectivity index (χ2n) is 9.49. The third-order valence-electron chi connectivity index (χ3n) is 6.28. The molecule has 1 heterocycles. The molecule has 0 spiro atoms. The van der Waals surface area contributed by atoms with Crippen LogP contribution in [0.25, 0.3) is 5.76 Å². The molecule has 1 saturated heterocycles. The van der Waals surface area contributed by atoms with E-state index < -0.39 is 17.7 Å². The fourth-order valence-electron chi connectivity index (χ4n) is 4.45. The molecule has 1 atom stereocenters. The number of benzene rings is 2. The van der Waals surface area contributed by atoms with Crippen LogP contribution in [0.15, 0.2) is 48.0 Å². The van der Waals surface area contributed by atoms with Crippen molar-refractivity contribution in [2.75, 3.05) is 40.4 Å². The summed E-state index contributed by atoms with van der Waals surface area (Å²) in [7, 11) is 3.94. The van der Waals surface area contributed by atoms with Gasteiger partial charge in [0.2, 0.25) is 0 Å². The number of Topliss-reactive ketones (excluding diaryl/α,β-unsaturated/α-hetero) is 1. The van der Waals surface area contributed by atoms with Gasteiger partial charge in [0.25, 0.3) is 11.7 Å². The highest BCUT2D eigenvalue weighted by Crippen LogP contribution is 2.42. The van der Waals surface area contributed by atoms with Crippen LogP contribution in [0.3, 0.4) is 0 Å². The normalized spacial score (nSPS) is 17.3. The summed E-state index contributed by atoms with van der Waals surface area (Å²) < 4.78 is 11.4. The van der Waals surface area contributed by atoms with E-state index in [1.54, 1.807) is 23.1 Å². The van der Waals surface area contributed by atoms with Crippen molar-refractivity contribution in [3.63, 3.8) is 0 Å². The monoisotopic (exact) mass is 494 g/mol. The van der Waals surface area contributed by atoms with Crippen LogP contribution in [0, 0.1) is 0 Å². The first-order valence-electron chi connectivity index (χ1n) is 12.6. The maximum absolute atomic E-state index is 13.3. The number of amides is 1. The van der Waals surface area contributed by atoms with Crippen LogP contribution in [0.1, 0.15) is 62.8 Å². The highest BCUT2D eigenvalue weighted by molar-refractivity contribution is 6.46. The first kappa shape index (κ1) is 27.3. The van der Waals surface area contributed by atoms with Crippen LogP contribution in [-0.2, 0) is 9.59 Å². The number of aliphatic hydroxyl groups is 1. The van der Waals surface area contributed by atoms with Gasteiger partial charge in [-0.2, -0.15) is 0 Å². The Balaban J connectivity index is 2.14. The summed E-state index contributed by atoms with van der Waals surface area (Å²) in [4.78, 5) is 30.2. The fourth-order valence-corrected chi connectivity index (χ4v) is 4.45. The Bertz CT molecular complexity index is 1110. The molecule has 1 aliphatic rings. The van der Waals surface area contributed by atoms with Crippen LogP contribution in [0.4, 0.5) is 0 Å². The molecule has 1 amide bonds. The molecule has 1 unspecified atom stereocenters. The first-order chi connectivity index (χ1) is 17.2. The van der Waals surface area contributed by atoms with Gasteiger partial charge in [0.1, 0.15) is 17.3 Å². The van der Waals surface area contributed by atoms with Crippen molar-refractivity contribution in [3.8, 4) is 11.5 Å². The average molecular weight is 495 g/mol. The first-order valence-corrected chi connectivity index (χ1v) is 12.6. The number of rotatable bonds is 11. The Morgan fingerprint density at radius 2 is 1.69 bits per heavy atom. The molecular weight excluding hydrogens is 456 g/mol. The van der Waals surface area contributed by atoms with E-state index in [0.717, 1.165) is 17.7 Å². The lowest BCUT2D eigenvalue weighted by molar-refractivity contribution is -0.139. The summed E-state index contributed by atoms with van der Waals surface area (Å²) in [6, 6.07) is 12.3. The summed E-state index contributed by atoms with van der Waals surface area (Å²) in [6.45, 7) is 9.99. The smallest absolute Gasteiger partial charge is 0.295 e. The summed E-state index contributed by atoms with van der Waals surface area (Å²) >= 11 is 0. The van der Waals surface area contributed by atoms with Crippen LogP contribution in [0.2, 0.25) is 0 Å². The number of carbonyl (C=O) groups excluding carboxylic acids is 2. The minimum Gasteiger partial charge on any atom is -0.507 e. The van der Waals surface area contributed by atoms with E-state index in [-0.39, 0.29) is 11.3 Å². The highest BCUT2D eigenvalue weighted by Gasteiger charge is 2.46. The Hall–Kier alpha value is -3.32. The van der Waals surface area contributed by atoms with Crippen LogP contribution in [-0.4, -0.2) is 67.0 Å². The summed E-state index contributed by atoms with van der Waals surface area (Å²) in [5, 5.41) is 11.5. The third-order valence-corrected chi connectivity index (χ3v) is 6.28. The van der Waals surface area contributed by atoms with Crippen molar-refractivity contribution in [1.82, 2.24) is 9.80 Å². The number of carbonyl (C=O) groups is 2. The minimum absolute atomic E-state index is 0.0762. The molecule has 1 aliphatic heterocycles. The van der Waals surface area contributed by atoms with Crippen LogP contribution >= 0.6 is 0 Å². The molecule has 194 valence electrons. The van der Waals surface area contributed by atoms with Gasteiger partial charge in [-0.05, 0) is 70.1 Å². The molecule has 0 bridgehead atoms. The SMILES string of the molecule is CCOc1ccc(/C(O)=C2/C(=O)C(=O)N(CCCN(C)C)C2c2ccc(C(C)C)cc2)c(OCC)c1. The number of hydrogen-bond acceptors (Lipinski definition) is 6. The van der Waals surface area contributed by atoms with Gasteiger partial charge >= 0.3 is 0 Å². The second kappa shape index (κ2) is 12.1. The number of likely N-dealkylation sites (tertiary alicyclic amines) is 1. The van der Waals surface area contributed by atoms with E-state index in [2.05, 4.69) is 13.8 Å². The number of ketones is 1. The Kier molecular flexibility index (Phi) is 9.15. The largest absolute Gasteiger partial charge is 0.507 e. The van der Waals surface area contributed by atoms with E-state index in [1.165, 1.54) is 0 Å². The van der Waals surface area contributed by atoms with E-state index in [1.807, 2.05) is 57.1 Å². The van der Waals surface area contributed by atoms with E-state index in [9.17, 15) is 14.7 Å². The number of aliphatic hydroxyl groups excluding tert-OH is 1. The predicted molar refractivity (Wildman–Crippen MR) is 141 cm³/mol. The van der Waals surface area contributed by atoms with Crippen molar-refractivity contribution in [3.05, 3.63) is 64.7 Å². The van der Waals surface area contributed by atoms with Gasteiger partial charge in [0.05, 0.1) is 30.4 Å². The lowest BCUT2D eigenvalue weighted by Gasteiger charge is -2.26. The van der Waals surface area contributed by atoms with Gasteiger partial charge in [-0.25, -0.2) is 0 Å². The Labute approximate surface area is 214 Å². The van der Waals surface area contributed by atoms with Crippen molar-refractivity contribution in [2.24, 2.45) is 0 Å². The molecule has 0 aliphatic carbocycles. The van der Waals surface area contributed by atoms with Gasteiger partial charge in [0, 0.05) is 12.6 Å². The fraction of sp³-hybridized carbons (Fsp3) is 0.448. The van der Waals surface area contributed by atoms with Crippen molar-refractivity contribution < 1.29 is 24.2 Å². The van der Waals surface area contributed by atoms with Gasteiger partial charge in [0.15, 0.2) is 0 Å². The maximum Gasteiger partial charge on any atom is 0.295 e. The summed E-state index contributed by atoms with van der Waals surface area (Å²) in [5.41, 5.74) is 2.38. The molecule has 0 aromatic heterocycles. The quantitative estimate of drug-likeness (QED) is 0.270. The van der Waals surface area contributed by atoms with Crippen LogP contribution < -0.4 is 9.47 Å². The topological polar surface area (TPSA) is 79.3 Å². The standard InChI is InChI=1S/C29H38N2O5/c1-7-35-22-14-15-23(24(18-22)36-8-2)27(32)25-26(21-12-10-20(11-13-21)19(3)4)31(29(34)28(25)33)17-9-16-30(5)6/h10-15,18-19,26,32H,7-9,16-17H2,1-6H3/b27-25-. The average Bonchev–Trinajstić information content (AvgIpc) is 3.09. The lowest BCUT2D eigenvalue weighted by atomic mass is 9.93. The zero-order valence-corrected chi connectivity index (χ0v) is 22.2. The molecule has 0 radical (unpaired) electrons. The maximum atomic E-state index is 13.3. The van der Waals surface area contributed by atoms with Crippen molar-refractivity contribution in [2.45, 2.75) is 46.1 Å². The van der Waals surface area contributed by atoms with E-state index in [0.29, 0.717) is 49.2 Å². The van der Waals surface area contributed by atoms with Crippen molar-refractivity contribution >= 4 is 17.4 Å². The van der Waals surface area contributed by atoms with Crippen molar-refractivity contribution in [1.29, 1.82) is 0 Å². The molecule has 0 saturated carbocycles. The molecule has 7 nitrogen and oxygen atoms in total. The minimum atomic E-state index is -0.688. The van der Waals surface area contributed by atoms with Gasteiger partial charge in [-0.1, -0.05) is 38.1 Å². The number of hydrogen-bond donors (Lipinski definition) is 1. The number of ether oxygens (including phenoxy) is 2. The molecule has 2 aromatic rings. The van der Waals surface area contributed by atoms with E-state index in [4.69, 9.17) is 9.47 Å². The summed E-state index contributed by atoms with van der Waals surface area (Å²) in [5.74, 6) is -0.184.